The van der Waals surface area contributed by atoms with E-state index in [-0.39, 0.29) is 5.91 Å². The smallest absolute Gasteiger partial charge is 0.369 e. The van der Waals surface area contributed by atoms with Crippen LogP contribution in [0.15, 0.2) is 42.5 Å². The van der Waals surface area contributed by atoms with E-state index in [9.17, 15) is 18.0 Å². The summed E-state index contributed by atoms with van der Waals surface area (Å²) < 4.78 is 38.9. The highest BCUT2D eigenvalue weighted by Gasteiger charge is 2.38. The predicted molar refractivity (Wildman–Crippen MR) is 120 cm³/mol. The first-order valence-electron chi connectivity index (χ1n) is 11.2. The second kappa shape index (κ2) is 9.14. The molecule has 1 saturated heterocycles. The van der Waals surface area contributed by atoms with Crippen LogP contribution in [0.3, 0.4) is 0 Å². The van der Waals surface area contributed by atoms with Crippen LogP contribution in [0.1, 0.15) is 33.5 Å². The summed E-state index contributed by atoms with van der Waals surface area (Å²) in [6.07, 6.45) is -3.20. The average molecular weight is 446 g/mol. The van der Waals surface area contributed by atoms with Crippen molar-refractivity contribution in [1.29, 1.82) is 0 Å². The third-order valence-corrected chi connectivity index (χ3v) is 6.71. The Bertz CT molecular complexity index is 947. The largest absolute Gasteiger partial charge is 0.416 e. The van der Waals surface area contributed by atoms with Crippen molar-refractivity contribution in [2.24, 2.45) is 11.8 Å². The molecule has 2 aromatic carbocycles. The van der Waals surface area contributed by atoms with Gasteiger partial charge in [-0.05, 0) is 61.4 Å². The quantitative estimate of drug-likeness (QED) is 0.711. The first kappa shape index (κ1) is 22.6. The molecule has 4 rings (SSSR count). The molecule has 1 saturated carbocycles. The Morgan fingerprint density at radius 3 is 2.31 bits per heavy atom. The number of hydrogen-bond acceptors (Lipinski definition) is 3. The zero-order valence-corrected chi connectivity index (χ0v) is 18.6. The Hall–Kier alpha value is -2.54. The van der Waals surface area contributed by atoms with Crippen molar-refractivity contribution in [3.63, 3.8) is 0 Å². The molecule has 0 aromatic heterocycles. The molecule has 1 aliphatic heterocycles. The number of carbonyl (C=O) groups excluding carboxylic acids is 1. The molecule has 2 aliphatic rings. The van der Waals surface area contributed by atoms with Crippen LogP contribution in [0.2, 0.25) is 0 Å². The standard InChI is InChI=1S/C25H30F3N3O/c1-17-5-3-6-18(2)23(17)24(32)29-15-19-13-20(19)16-30-9-11-31(12-10-30)22-8-4-7-21(14-22)25(26,27)28/h3-8,14,19-20H,9-13,15-16H2,1-2H3,(H,29,32). The summed E-state index contributed by atoms with van der Waals surface area (Å²) in [7, 11) is 0. The fourth-order valence-electron chi connectivity index (χ4n) is 4.67. The molecule has 1 heterocycles. The molecule has 4 nitrogen and oxygen atoms in total. The maximum atomic E-state index is 13.0. The van der Waals surface area contributed by atoms with Gasteiger partial charge in [0.2, 0.25) is 0 Å². The van der Waals surface area contributed by atoms with Gasteiger partial charge in [-0.2, -0.15) is 13.2 Å². The minimum Gasteiger partial charge on any atom is -0.369 e. The second-order valence-electron chi connectivity index (χ2n) is 9.07. The summed E-state index contributed by atoms with van der Waals surface area (Å²) in [4.78, 5) is 17.0. The van der Waals surface area contributed by atoms with Gasteiger partial charge in [0.15, 0.2) is 0 Å². The van der Waals surface area contributed by atoms with Gasteiger partial charge >= 0.3 is 6.18 Å². The number of rotatable bonds is 6. The van der Waals surface area contributed by atoms with Crippen LogP contribution < -0.4 is 10.2 Å². The van der Waals surface area contributed by atoms with Gasteiger partial charge in [0.1, 0.15) is 0 Å². The van der Waals surface area contributed by atoms with E-state index >= 15 is 0 Å². The summed E-state index contributed by atoms with van der Waals surface area (Å²) in [5.74, 6) is 1.08. The number of alkyl halides is 3. The summed E-state index contributed by atoms with van der Waals surface area (Å²) in [5.41, 5.74) is 2.80. The van der Waals surface area contributed by atoms with Crippen molar-refractivity contribution in [3.05, 3.63) is 64.7 Å². The van der Waals surface area contributed by atoms with Gasteiger partial charge in [0, 0.05) is 50.5 Å². The lowest BCUT2D eigenvalue weighted by molar-refractivity contribution is -0.137. The maximum absolute atomic E-state index is 13.0. The number of aryl methyl sites for hydroxylation is 2. The molecule has 1 amide bonds. The van der Waals surface area contributed by atoms with Crippen LogP contribution in [0.4, 0.5) is 18.9 Å². The first-order chi connectivity index (χ1) is 15.2. The summed E-state index contributed by atoms with van der Waals surface area (Å²) in [5, 5.41) is 3.10. The number of benzene rings is 2. The van der Waals surface area contributed by atoms with Crippen molar-refractivity contribution in [3.8, 4) is 0 Å². The van der Waals surface area contributed by atoms with Crippen LogP contribution in [0.5, 0.6) is 0 Å². The highest BCUT2D eigenvalue weighted by Crippen LogP contribution is 2.39. The highest BCUT2D eigenvalue weighted by molar-refractivity contribution is 5.97. The van der Waals surface area contributed by atoms with Crippen molar-refractivity contribution in [2.45, 2.75) is 26.4 Å². The molecule has 0 radical (unpaired) electrons. The second-order valence-corrected chi connectivity index (χ2v) is 9.07. The van der Waals surface area contributed by atoms with Crippen molar-refractivity contribution in [2.75, 3.05) is 44.2 Å². The van der Waals surface area contributed by atoms with E-state index in [1.165, 1.54) is 12.1 Å². The molecule has 32 heavy (non-hydrogen) atoms. The summed E-state index contributed by atoms with van der Waals surface area (Å²) >= 11 is 0. The number of nitrogens with zero attached hydrogens (tertiary/aromatic N) is 2. The SMILES string of the molecule is Cc1cccc(C)c1C(=O)NCC1CC1CN1CCN(c2cccc(C(F)(F)F)c2)CC1. The lowest BCUT2D eigenvalue weighted by Gasteiger charge is -2.36. The molecule has 2 aromatic rings. The van der Waals surface area contributed by atoms with Crippen molar-refractivity contribution < 1.29 is 18.0 Å². The van der Waals surface area contributed by atoms with E-state index in [0.717, 1.165) is 61.9 Å². The third kappa shape index (κ3) is 5.26. The highest BCUT2D eigenvalue weighted by atomic mass is 19.4. The minimum absolute atomic E-state index is 0.000881. The Morgan fingerprint density at radius 1 is 1.00 bits per heavy atom. The fourth-order valence-corrected chi connectivity index (χ4v) is 4.67. The van der Waals surface area contributed by atoms with E-state index in [1.807, 2.05) is 36.9 Å². The first-order valence-corrected chi connectivity index (χ1v) is 11.2. The molecule has 1 aliphatic carbocycles. The normalized spacial score (nSPS) is 21.5. The van der Waals surface area contributed by atoms with Crippen molar-refractivity contribution in [1.82, 2.24) is 10.2 Å². The Morgan fingerprint density at radius 2 is 1.66 bits per heavy atom. The molecular formula is C25H30F3N3O. The van der Waals surface area contributed by atoms with E-state index < -0.39 is 11.7 Å². The van der Waals surface area contributed by atoms with E-state index in [1.54, 1.807) is 6.07 Å². The molecule has 2 atom stereocenters. The third-order valence-electron chi connectivity index (χ3n) is 6.71. The van der Waals surface area contributed by atoms with Gasteiger partial charge in [0.25, 0.3) is 5.91 Å². The molecule has 1 N–H and O–H groups in total. The van der Waals surface area contributed by atoms with Gasteiger partial charge < -0.3 is 10.2 Å². The van der Waals surface area contributed by atoms with E-state index in [2.05, 4.69) is 10.2 Å². The van der Waals surface area contributed by atoms with Crippen LogP contribution in [-0.2, 0) is 6.18 Å². The van der Waals surface area contributed by atoms with Gasteiger partial charge in [-0.3, -0.25) is 9.69 Å². The predicted octanol–water partition coefficient (Wildman–Crippen LogP) is 4.51. The molecule has 2 unspecified atom stereocenters. The summed E-state index contributed by atoms with van der Waals surface area (Å²) in [6, 6.07) is 11.5. The number of hydrogen-bond donors (Lipinski definition) is 1. The Balaban J connectivity index is 1.21. The molecule has 7 heteroatoms. The number of anilines is 1. The van der Waals surface area contributed by atoms with Gasteiger partial charge in [0.05, 0.1) is 5.56 Å². The Kier molecular flexibility index (Phi) is 6.47. The lowest BCUT2D eigenvalue weighted by Crippen LogP contribution is -2.47. The number of halogens is 3. The molecule has 0 bridgehead atoms. The Labute approximate surface area is 187 Å². The van der Waals surface area contributed by atoms with E-state index in [0.29, 0.717) is 24.1 Å². The topological polar surface area (TPSA) is 35.6 Å². The molecule has 2 fully saturated rings. The summed E-state index contributed by atoms with van der Waals surface area (Å²) in [6.45, 7) is 8.73. The fraction of sp³-hybridized carbons (Fsp3) is 0.480. The van der Waals surface area contributed by atoms with Crippen LogP contribution >= 0.6 is 0 Å². The monoisotopic (exact) mass is 445 g/mol. The molecular weight excluding hydrogens is 415 g/mol. The zero-order valence-electron chi connectivity index (χ0n) is 18.6. The van der Waals surface area contributed by atoms with Gasteiger partial charge in [-0.15, -0.1) is 0 Å². The zero-order chi connectivity index (χ0) is 22.9. The van der Waals surface area contributed by atoms with Gasteiger partial charge in [-0.1, -0.05) is 24.3 Å². The van der Waals surface area contributed by atoms with Crippen LogP contribution in [-0.4, -0.2) is 50.1 Å². The minimum atomic E-state index is -4.31. The van der Waals surface area contributed by atoms with Crippen molar-refractivity contribution >= 4 is 11.6 Å². The van der Waals surface area contributed by atoms with Crippen LogP contribution in [0, 0.1) is 25.7 Å². The average Bonchev–Trinajstić information content (AvgIpc) is 3.50. The van der Waals surface area contributed by atoms with E-state index in [4.69, 9.17) is 0 Å². The number of piperazine rings is 1. The van der Waals surface area contributed by atoms with Crippen LogP contribution in [0.25, 0.3) is 0 Å². The number of nitrogens with one attached hydrogen (secondary N) is 1. The number of carbonyl (C=O) groups is 1. The van der Waals surface area contributed by atoms with Gasteiger partial charge in [-0.25, -0.2) is 0 Å². The molecule has 0 spiro atoms. The maximum Gasteiger partial charge on any atom is 0.416 e. The molecule has 172 valence electrons. The lowest BCUT2D eigenvalue weighted by atomic mass is 10.0. The number of amides is 1.